The molecule has 1 aromatic heterocycles. The highest BCUT2D eigenvalue weighted by Gasteiger charge is 2.21. The molecule has 4 rings (SSSR count). The zero-order valence-corrected chi connectivity index (χ0v) is 16.0. The predicted molar refractivity (Wildman–Crippen MR) is 103 cm³/mol. The fourth-order valence-corrected chi connectivity index (χ4v) is 3.74. The zero-order chi connectivity index (χ0) is 18.3. The summed E-state index contributed by atoms with van der Waals surface area (Å²) in [6, 6.07) is 10.4. The topological polar surface area (TPSA) is 56.5 Å². The van der Waals surface area contributed by atoms with Crippen molar-refractivity contribution in [2.45, 2.75) is 19.3 Å². The summed E-state index contributed by atoms with van der Waals surface area (Å²) < 4.78 is 11.9. The van der Waals surface area contributed by atoms with Crippen LogP contribution in [0.25, 0.3) is 11.0 Å². The first-order valence-corrected chi connectivity index (χ1v) is 9.39. The lowest BCUT2D eigenvalue weighted by Crippen LogP contribution is -2.12. The first-order chi connectivity index (χ1) is 12.5. The number of carbonyl (C=O) groups excluding carboxylic acids is 1. The molecule has 0 saturated carbocycles. The summed E-state index contributed by atoms with van der Waals surface area (Å²) in [6.07, 6.45) is 2.53. The van der Waals surface area contributed by atoms with Crippen molar-refractivity contribution in [3.8, 4) is 5.75 Å². The van der Waals surface area contributed by atoms with Gasteiger partial charge >= 0.3 is 5.63 Å². The number of carbonyl (C=O) groups is 1. The number of benzene rings is 2. The van der Waals surface area contributed by atoms with Crippen LogP contribution in [0.3, 0.4) is 0 Å². The maximum atomic E-state index is 12.3. The highest BCUT2D eigenvalue weighted by Crippen LogP contribution is 2.34. The van der Waals surface area contributed by atoms with Gasteiger partial charge in [-0.15, -0.1) is 0 Å². The van der Waals surface area contributed by atoms with Gasteiger partial charge in [0.15, 0.2) is 12.4 Å². The van der Waals surface area contributed by atoms with E-state index >= 15 is 0 Å². The molecule has 0 bridgehead atoms. The summed E-state index contributed by atoms with van der Waals surface area (Å²) >= 11 is 9.67. The van der Waals surface area contributed by atoms with Gasteiger partial charge in [0.05, 0.1) is 5.02 Å². The van der Waals surface area contributed by atoms with E-state index in [1.165, 1.54) is 0 Å². The second kappa shape index (κ2) is 6.89. The van der Waals surface area contributed by atoms with Crippen molar-refractivity contribution in [3.63, 3.8) is 0 Å². The molecule has 1 aliphatic carbocycles. The minimum Gasteiger partial charge on any atom is -0.484 e. The molecule has 0 N–H and O–H groups in total. The van der Waals surface area contributed by atoms with Crippen LogP contribution >= 0.6 is 27.5 Å². The van der Waals surface area contributed by atoms with Crippen LogP contribution in [-0.2, 0) is 12.8 Å². The first-order valence-electron chi connectivity index (χ1n) is 8.22. The molecule has 2 aromatic carbocycles. The molecular formula is C20H14BrClO4. The molecule has 0 amide bonds. The van der Waals surface area contributed by atoms with Crippen LogP contribution in [0.1, 0.15) is 27.9 Å². The molecular weight excluding hydrogens is 420 g/mol. The Morgan fingerprint density at radius 2 is 1.88 bits per heavy atom. The summed E-state index contributed by atoms with van der Waals surface area (Å²) in [5.41, 5.74) is 2.44. The number of ketones is 1. The molecule has 0 spiro atoms. The van der Waals surface area contributed by atoms with Gasteiger partial charge in [0.25, 0.3) is 0 Å². The molecule has 0 radical (unpaired) electrons. The highest BCUT2D eigenvalue weighted by molar-refractivity contribution is 9.10. The molecule has 132 valence electrons. The molecule has 3 aromatic rings. The molecule has 0 fully saturated rings. The lowest BCUT2D eigenvalue weighted by molar-refractivity contribution is 0.0921. The van der Waals surface area contributed by atoms with Crippen LogP contribution in [-0.4, -0.2) is 12.4 Å². The zero-order valence-electron chi connectivity index (χ0n) is 13.7. The Balaban J connectivity index is 1.62. The first kappa shape index (κ1) is 17.3. The van der Waals surface area contributed by atoms with Crippen molar-refractivity contribution in [1.82, 2.24) is 0 Å². The lowest BCUT2D eigenvalue weighted by atomic mass is 10.1. The maximum absolute atomic E-state index is 12.3. The minimum absolute atomic E-state index is 0.151. The average Bonchev–Trinajstić information content (AvgIpc) is 3.12. The molecule has 26 heavy (non-hydrogen) atoms. The van der Waals surface area contributed by atoms with Crippen LogP contribution in [0, 0.1) is 0 Å². The molecule has 6 heteroatoms. The summed E-state index contributed by atoms with van der Waals surface area (Å²) in [5, 5.41) is 1.23. The summed E-state index contributed by atoms with van der Waals surface area (Å²) in [7, 11) is 0. The van der Waals surface area contributed by atoms with Crippen molar-refractivity contribution < 1.29 is 13.9 Å². The van der Waals surface area contributed by atoms with Crippen LogP contribution in [0.5, 0.6) is 5.75 Å². The molecule has 0 unspecified atom stereocenters. The smallest absolute Gasteiger partial charge is 0.339 e. The number of aryl methyl sites for hydroxylation is 1. The molecule has 1 heterocycles. The van der Waals surface area contributed by atoms with E-state index in [1.54, 1.807) is 36.4 Å². The summed E-state index contributed by atoms with van der Waals surface area (Å²) in [6.45, 7) is -0.151. The lowest BCUT2D eigenvalue weighted by Gasteiger charge is -2.10. The van der Waals surface area contributed by atoms with Gasteiger partial charge in [-0.25, -0.2) is 4.79 Å². The van der Waals surface area contributed by atoms with E-state index in [4.69, 9.17) is 20.8 Å². The number of hydrogen-bond acceptors (Lipinski definition) is 4. The standard InChI is InChI=1S/C20H14BrClO4/c21-12-6-4-11(5-7-12)17(23)10-25-19-9-18-15(8-16(19)22)13-2-1-3-14(13)20(24)26-18/h4-9H,1-3,10H2. The molecule has 1 aliphatic rings. The Hall–Kier alpha value is -2.11. The Bertz CT molecular complexity index is 1070. The average molecular weight is 434 g/mol. The summed E-state index contributed by atoms with van der Waals surface area (Å²) in [5.74, 6) is 0.162. The Kier molecular flexibility index (Phi) is 4.59. The number of rotatable bonds is 4. The van der Waals surface area contributed by atoms with Gasteiger partial charge in [-0.05, 0) is 43.0 Å². The fraction of sp³-hybridized carbons (Fsp3) is 0.200. The third-order valence-electron chi connectivity index (χ3n) is 4.55. The van der Waals surface area contributed by atoms with Gasteiger partial charge in [0.1, 0.15) is 11.3 Å². The number of Topliss-reactive ketones (excluding diaryl/α,β-unsaturated/α-hetero) is 1. The largest absolute Gasteiger partial charge is 0.484 e. The highest BCUT2D eigenvalue weighted by atomic mass is 79.9. The predicted octanol–water partition coefficient (Wildman–Crippen LogP) is 4.96. The normalized spacial score (nSPS) is 13.0. The molecule has 0 atom stereocenters. The quantitative estimate of drug-likeness (QED) is 0.431. The number of ether oxygens (including phenoxy) is 1. The van der Waals surface area contributed by atoms with Crippen LogP contribution < -0.4 is 10.4 Å². The van der Waals surface area contributed by atoms with Crippen molar-refractivity contribution in [1.29, 1.82) is 0 Å². The second-order valence-corrected chi connectivity index (χ2v) is 7.52. The monoisotopic (exact) mass is 432 g/mol. The third kappa shape index (κ3) is 3.17. The van der Waals surface area contributed by atoms with Crippen LogP contribution in [0.4, 0.5) is 0 Å². The third-order valence-corrected chi connectivity index (χ3v) is 5.38. The SMILES string of the molecule is O=C(COc1cc2oc(=O)c3c(c2cc1Cl)CCC3)c1ccc(Br)cc1. The summed E-state index contributed by atoms with van der Waals surface area (Å²) in [4.78, 5) is 24.4. The van der Waals surface area contributed by atoms with Gasteiger partial charge in [0, 0.05) is 27.1 Å². The molecule has 0 aliphatic heterocycles. The van der Waals surface area contributed by atoms with Crippen molar-refractivity contribution in [2.24, 2.45) is 0 Å². The number of halogens is 2. The van der Waals surface area contributed by atoms with Gasteiger partial charge in [-0.3, -0.25) is 4.79 Å². The fourth-order valence-electron chi connectivity index (χ4n) is 3.26. The van der Waals surface area contributed by atoms with Crippen molar-refractivity contribution in [3.05, 3.63) is 73.0 Å². The Morgan fingerprint density at radius 1 is 1.15 bits per heavy atom. The van der Waals surface area contributed by atoms with Gasteiger partial charge in [-0.1, -0.05) is 39.7 Å². The van der Waals surface area contributed by atoms with E-state index in [2.05, 4.69) is 15.9 Å². The molecule has 4 nitrogen and oxygen atoms in total. The minimum atomic E-state index is -0.302. The number of fused-ring (bicyclic) bond motifs is 3. The van der Waals surface area contributed by atoms with Crippen molar-refractivity contribution >= 4 is 44.3 Å². The Morgan fingerprint density at radius 3 is 2.65 bits per heavy atom. The molecule has 0 saturated heterocycles. The Labute approximate surface area is 162 Å². The van der Waals surface area contributed by atoms with Crippen LogP contribution in [0.2, 0.25) is 5.02 Å². The van der Waals surface area contributed by atoms with E-state index in [9.17, 15) is 9.59 Å². The second-order valence-electron chi connectivity index (χ2n) is 6.20. The van der Waals surface area contributed by atoms with Gasteiger partial charge in [-0.2, -0.15) is 0 Å². The van der Waals surface area contributed by atoms with Gasteiger partial charge < -0.3 is 9.15 Å². The van der Waals surface area contributed by atoms with E-state index < -0.39 is 0 Å². The van der Waals surface area contributed by atoms with E-state index in [0.717, 1.165) is 40.2 Å². The van der Waals surface area contributed by atoms with E-state index in [1.807, 2.05) is 0 Å². The number of hydrogen-bond donors (Lipinski definition) is 0. The maximum Gasteiger partial charge on any atom is 0.339 e. The van der Waals surface area contributed by atoms with E-state index in [0.29, 0.717) is 21.9 Å². The van der Waals surface area contributed by atoms with E-state index in [-0.39, 0.29) is 18.0 Å². The van der Waals surface area contributed by atoms with Crippen LogP contribution in [0.15, 0.2) is 50.1 Å². The van der Waals surface area contributed by atoms with Crippen molar-refractivity contribution in [2.75, 3.05) is 6.61 Å². The van der Waals surface area contributed by atoms with Gasteiger partial charge in [0.2, 0.25) is 0 Å².